The Bertz CT molecular complexity index is 393. The molecule has 0 aliphatic heterocycles. The van der Waals surface area contributed by atoms with Crippen molar-refractivity contribution >= 4 is 17.5 Å². The minimum Gasteiger partial charge on any atom is -0.358 e. The van der Waals surface area contributed by atoms with Gasteiger partial charge in [0.1, 0.15) is 0 Å². The van der Waals surface area contributed by atoms with E-state index in [9.17, 15) is 4.79 Å². The fourth-order valence-corrected chi connectivity index (χ4v) is 2.94. The summed E-state index contributed by atoms with van der Waals surface area (Å²) in [6, 6.07) is 7.72. The summed E-state index contributed by atoms with van der Waals surface area (Å²) in [7, 11) is 1.72. The van der Waals surface area contributed by atoms with E-state index in [0.717, 1.165) is 36.3 Å². The normalized spacial score (nSPS) is 18.7. The van der Waals surface area contributed by atoms with Gasteiger partial charge in [-0.25, -0.2) is 0 Å². The summed E-state index contributed by atoms with van der Waals surface area (Å²) in [5.74, 6) is 0.138. The molecule has 17 heavy (non-hydrogen) atoms. The third kappa shape index (κ3) is 2.32. The lowest BCUT2D eigenvalue weighted by atomic mass is 9.69. The van der Waals surface area contributed by atoms with Crippen molar-refractivity contribution in [1.29, 1.82) is 0 Å². The van der Waals surface area contributed by atoms with Crippen molar-refractivity contribution in [2.75, 3.05) is 7.05 Å². The maximum absolute atomic E-state index is 12.2. The molecule has 2 nitrogen and oxygen atoms in total. The largest absolute Gasteiger partial charge is 0.358 e. The predicted octanol–water partition coefficient (Wildman–Crippen LogP) is 3.29. The molecule has 0 radical (unpaired) electrons. The molecule has 0 unspecified atom stereocenters. The molecule has 1 saturated carbocycles. The molecule has 1 aliphatic carbocycles. The Labute approximate surface area is 107 Å². The number of likely N-dealkylation sites (N-methyl/N-ethyl adjacent to an activating group) is 1. The highest BCUT2D eigenvalue weighted by Crippen LogP contribution is 2.39. The van der Waals surface area contributed by atoms with E-state index in [4.69, 9.17) is 11.6 Å². The Balaban J connectivity index is 2.38. The lowest BCUT2D eigenvalue weighted by molar-refractivity contribution is -0.127. The summed E-state index contributed by atoms with van der Waals surface area (Å²) < 4.78 is 0. The van der Waals surface area contributed by atoms with Gasteiger partial charge in [0.15, 0.2) is 0 Å². The average Bonchev–Trinajstić information content (AvgIpc) is 2.39. The van der Waals surface area contributed by atoms with Crippen LogP contribution in [0.4, 0.5) is 0 Å². The molecular weight excluding hydrogens is 234 g/mol. The second-order valence-corrected chi connectivity index (χ2v) is 5.17. The van der Waals surface area contributed by atoms with E-state index in [2.05, 4.69) is 5.32 Å². The molecule has 1 aliphatic rings. The molecule has 1 fully saturated rings. The summed E-state index contributed by atoms with van der Waals surface area (Å²) in [4.78, 5) is 12.2. The van der Waals surface area contributed by atoms with Gasteiger partial charge in [-0.3, -0.25) is 4.79 Å². The Morgan fingerprint density at radius 2 is 1.76 bits per heavy atom. The number of halogens is 1. The second-order valence-electron chi connectivity index (χ2n) is 4.73. The van der Waals surface area contributed by atoms with Gasteiger partial charge in [0, 0.05) is 12.1 Å². The summed E-state index contributed by atoms with van der Waals surface area (Å²) in [5, 5.41) is 3.54. The maximum atomic E-state index is 12.2. The minimum absolute atomic E-state index is 0.138. The molecule has 0 atom stereocenters. The van der Waals surface area contributed by atoms with E-state index in [0.29, 0.717) is 0 Å². The molecule has 92 valence electrons. The van der Waals surface area contributed by atoms with Gasteiger partial charge >= 0.3 is 0 Å². The summed E-state index contributed by atoms with van der Waals surface area (Å²) in [6.07, 6.45) is 5.35. The molecule has 3 heteroatoms. The fourth-order valence-electron chi connectivity index (χ4n) is 2.81. The first-order valence-electron chi connectivity index (χ1n) is 6.17. The van der Waals surface area contributed by atoms with Gasteiger partial charge in [-0.05, 0) is 30.5 Å². The monoisotopic (exact) mass is 251 g/mol. The number of benzene rings is 1. The maximum Gasteiger partial charge on any atom is 0.230 e. The first-order valence-corrected chi connectivity index (χ1v) is 6.55. The van der Waals surface area contributed by atoms with E-state index in [1.165, 1.54) is 6.42 Å². The van der Waals surface area contributed by atoms with Gasteiger partial charge in [0.25, 0.3) is 0 Å². The second kappa shape index (κ2) is 5.09. The van der Waals surface area contributed by atoms with E-state index in [-0.39, 0.29) is 11.3 Å². The van der Waals surface area contributed by atoms with Crippen LogP contribution < -0.4 is 5.32 Å². The fraction of sp³-hybridized carbons (Fsp3) is 0.500. The molecule has 0 saturated heterocycles. The number of nitrogens with one attached hydrogen (secondary N) is 1. The molecule has 0 aromatic heterocycles. The first kappa shape index (κ1) is 12.4. The third-order valence-electron chi connectivity index (χ3n) is 3.77. The van der Waals surface area contributed by atoms with E-state index < -0.39 is 0 Å². The van der Waals surface area contributed by atoms with Crippen molar-refractivity contribution in [3.05, 3.63) is 34.9 Å². The molecule has 2 rings (SSSR count). The molecule has 1 N–H and O–H groups in total. The smallest absolute Gasteiger partial charge is 0.230 e. The molecule has 1 aromatic carbocycles. The van der Waals surface area contributed by atoms with Gasteiger partial charge in [-0.2, -0.15) is 0 Å². The highest BCUT2D eigenvalue weighted by atomic mass is 35.5. The molecule has 0 heterocycles. The van der Waals surface area contributed by atoms with Crippen molar-refractivity contribution < 1.29 is 4.79 Å². The van der Waals surface area contributed by atoms with E-state index in [1.54, 1.807) is 7.05 Å². The Morgan fingerprint density at radius 1 is 1.18 bits per heavy atom. The molecule has 0 bridgehead atoms. The van der Waals surface area contributed by atoms with Crippen LogP contribution in [0.15, 0.2) is 24.3 Å². The molecular formula is C14H18ClNO. The number of hydrogen-bond donors (Lipinski definition) is 1. The van der Waals surface area contributed by atoms with Crippen LogP contribution in [0.3, 0.4) is 0 Å². The lowest BCUT2D eigenvalue weighted by Crippen LogP contribution is -2.44. The lowest BCUT2D eigenvalue weighted by Gasteiger charge is -2.36. The SMILES string of the molecule is CNC(=O)C1(c2ccc(Cl)cc2)CCCCC1. The van der Waals surface area contributed by atoms with Crippen molar-refractivity contribution in [2.45, 2.75) is 37.5 Å². The Morgan fingerprint density at radius 3 is 2.29 bits per heavy atom. The van der Waals surface area contributed by atoms with E-state index >= 15 is 0 Å². The molecule has 1 aromatic rings. The Hall–Kier alpha value is -1.02. The van der Waals surface area contributed by atoms with Gasteiger partial charge in [-0.15, -0.1) is 0 Å². The average molecular weight is 252 g/mol. The number of amides is 1. The van der Waals surface area contributed by atoms with Gasteiger partial charge in [0.05, 0.1) is 5.41 Å². The number of carbonyl (C=O) groups excluding carboxylic acids is 1. The zero-order valence-corrected chi connectivity index (χ0v) is 10.9. The van der Waals surface area contributed by atoms with Gasteiger partial charge in [0.2, 0.25) is 5.91 Å². The first-order chi connectivity index (χ1) is 8.19. The third-order valence-corrected chi connectivity index (χ3v) is 4.02. The number of hydrogen-bond acceptors (Lipinski definition) is 1. The minimum atomic E-state index is -0.336. The van der Waals surface area contributed by atoms with Gasteiger partial charge < -0.3 is 5.32 Å². The van der Waals surface area contributed by atoms with Crippen LogP contribution >= 0.6 is 11.6 Å². The quantitative estimate of drug-likeness (QED) is 0.859. The van der Waals surface area contributed by atoms with Crippen LogP contribution in [0.25, 0.3) is 0 Å². The van der Waals surface area contributed by atoms with Crippen LogP contribution in [-0.4, -0.2) is 13.0 Å². The van der Waals surface area contributed by atoms with Crippen LogP contribution in [-0.2, 0) is 10.2 Å². The van der Waals surface area contributed by atoms with Crippen LogP contribution in [0.1, 0.15) is 37.7 Å². The topological polar surface area (TPSA) is 29.1 Å². The van der Waals surface area contributed by atoms with Crippen molar-refractivity contribution in [1.82, 2.24) is 5.32 Å². The Kier molecular flexibility index (Phi) is 3.72. The summed E-state index contributed by atoms with van der Waals surface area (Å²) >= 11 is 5.91. The summed E-state index contributed by atoms with van der Waals surface area (Å²) in [5.41, 5.74) is 0.762. The highest BCUT2D eigenvalue weighted by Gasteiger charge is 2.40. The zero-order chi connectivity index (χ0) is 12.3. The van der Waals surface area contributed by atoms with Crippen LogP contribution in [0, 0.1) is 0 Å². The summed E-state index contributed by atoms with van der Waals surface area (Å²) in [6.45, 7) is 0. The standard InChI is InChI=1S/C14H18ClNO/c1-16-13(17)14(9-3-2-4-10-14)11-5-7-12(15)8-6-11/h5-8H,2-4,9-10H2,1H3,(H,16,17). The van der Waals surface area contributed by atoms with Crippen molar-refractivity contribution in [2.24, 2.45) is 0 Å². The molecule has 1 amide bonds. The number of rotatable bonds is 2. The van der Waals surface area contributed by atoms with Crippen molar-refractivity contribution in [3.63, 3.8) is 0 Å². The number of carbonyl (C=O) groups is 1. The molecule has 0 spiro atoms. The highest BCUT2D eigenvalue weighted by molar-refractivity contribution is 6.30. The van der Waals surface area contributed by atoms with E-state index in [1.807, 2.05) is 24.3 Å². The van der Waals surface area contributed by atoms with Crippen molar-refractivity contribution in [3.8, 4) is 0 Å². The van der Waals surface area contributed by atoms with Crippen LogP contribution in [0.5, 0.6) is 0 Å². The zero-order valence-electron chi connectivity index (χ0n) is 10.1. The van der Waals surface area contributed by atoms with Crippen LogP contribution in [0.2, 0.25) is 5.02 Å². The van der Waals surface area contributed by atoms with Gasteiger partial charge in [-0.1, -0.05) is 43.0 Å². The predicted molar refractivity (Wildman–Crippen MR) is 70.3 cm³/mol.